The minimum absolute atomic E-state index is 0.160. The highest BCUT2D eigenvalue weighted by atomic mass is 16.5. The third-order valence-corrected chi connectivity index (χ3v) is 7.48. The molecule has 0 spiro atoms. The standard InChI is InChI=1S/C35H47N7O6/c1-4-45-32(44)29(13-9-8-12-24(3)36)39-31(43)28-19-16-26-22-30(28)48-21-11-7-6-10-20-47-27-17-14-25(15-18-27)23-37-33-40-34(38-26)42-35(41-33)46-5-2/h14-19,22,29,36H,4-13,20-21,23H2,1-3H3,(H,39,43)(H2,37,38,40,41,42)/t29-/m0/s1. The molecule has 0 unspecified atom stereocenters. The number of fused-ring (bicyclic) bond motifs is 10. The van der Waals surface area contributed by atoms with E-state index in [1.54, 1.807) is 32.0 Å². The lowest BCUT2D eigenvalue weighted by atomic mass is 10.1. The number of hydrogen-bond donors (Lipinski definition) is 4. The number of ether oxygens (including phenoxy) is 4. The van der Waals surface area contributed by atoms with Crippen LogP contribution < -0.4 is 30.2 Å². The van der Waals surface area contributed by atoms with E-state index in [-0.39, 0.29) is 24.1 Å². The highest BCUT2D eigenvalue weighted by molar-refractivity contribution is 5.99. The third kappa shape index (κ3) is 11.7. The van der Waals surface area contributed by atoms with E-state index in [1.807, 2.05) is 31.2 Å². The summed E-state index contributed by atoms with van der Waals surface area (Å²) in [5.74, 6) is 0.810. The summed E-state index contributed by atoms with van der Waals surface area (Å²) in [6, 6.07) is 12.3. The first-order valence-corrected chi connectivity index (χ1v) is 16.7. The van der Waals surface area contributed by atoms with Gasteiger partial charge in [0.2, 0.25) is 11.9 Å². The molecule has 13 heteroatoms. The zero-order valence-electron chi connectivity index (χ0n) is 28.1. The molecule has 3 heterocycles. The van der Waals surface area contributed by atoms with E-state index in [1.165, 1.54) is 0 Å². The second-order valence-electron chi connectivity index (χ2n) is 11.4. The number of hydrogen-bond acceptors (Lipinski definition) is 12. The lowest BCUT2D eigenvalue weighted by Crippen LogP contribution is -2.42. The molecule has 6 bridgehead atoms. The average Bonchev–Trinajstić information content (AvgIpc) is 3.06. The Balaban J connectivity index is 1.58. The molecule has 2 aliphatic heterocycles. The minimum atomic E-state index is -0.822. The van der Waals surface area contributed by atoms with E-state index >= 15 is 0 Å². The average molecular weight is 662 g/mol. The predicted octanol–water partition coefficient (Wildman–Crippen LogP) is 6.22. The molecule has 4 N–H and O–H groups in total. The van der Waals surface area contributed by atoms with Gasteiger partial charge >= 0.3 is 12.0 Å². The summed E-state index contributed by atoms with van der Waals surface area (Å²) in [6.07, 6.45) is 6.05. The summed E-state index contributed by atoms with van der Waals surface area (Å²) in [4.78, 5) is 39.7. The molecule has 2 aliphatic rings. The van der Waals surface area contributed by atoms with Gasteiger partial charge in [-0.25, -0.2) is 4.79 Å². The van der Waals surface area contributed by atoms with E-state index in [9.17, 15) is 9.59 Å². The number of unbranched alkanes of at least 4 members (excludes halogenated alkanes) is 1. The van der Waals surface area contributed by atoms with Gasteiger partial charge in [0.25, 0.3) is 5.91 Å². The lowest BCUT2D eigenvalue weighted by Gasteiger charge is -2.19. The fourth-order valence-electron chi connectivity index (χ4n) is 5.00. The topological polar surface area (TPSA) is 170 Å². The van der Waals surface area contributed by atoms with Crippen molar-refractivity contribution in [2.45, 2.75) is 84.7 Å². The number of amides is 1. The highest BCUT2D eigenvalue weighted by Gasteiger charge is 2.24. The summed E-state index contributed by atoms with van der Waals surface area (Å²) >= 11 is 0. The van der Waals surface area contributed by atoms with Crippen molar-refractivity contribution >= 4 is 35.2 Å². The van der Waals surface area contributed by atoms with Gasteiger partial charge in [-0.1, -0.05) is 18.6 Å². The number of rotatable bonds is 11. The second kappa shape index (κ2) is 19.0. The van der Waals surface area contributed by atoms with Gasteiger partial charge < -0.3 is 40.3 Å². The first-order chi connectivity index (χ1) is 23.3. The second-order valence-corrected chi connectivity index (χ2v) is 11.4. The number of carbonyl (C=O) groups is 2. The summed E-state index contributed by atoms with van der Waals surface area (Å²) < 4.78 is 22.9. The van der Waals surface area contributed by atoms with Gasteiger partial charge in [0, 0.05) is 24.0 Å². The number of esters is 1. The Morgan fingerprint density at radius 3 is 2.42 bits per heavy atom. The fourth-order valence-corrected chi connectivity index (χ4v) is 5.00. The van der Waals surface area contributed by atoms with Crippen LogP contribution in [0.5, 0.6) is 17.5 Å². The maximum Gasteiger partial charge on any atom is 0.328 e. The normalized spacial score (nSPS) is 14.1. The van der Waals surface area contributed by atoms with Crippen molar-refractivity contribution in [3.05, 3.63) is 53.6 Å². The molecule has 5 rings (SSSR count). The maximum absolute atomic E-state index is 13.6. The first-order valence-electron chi connectivity index (χ1n) is 16.7. The molecular weight excluding hydrogens is 614 g/mol. The van der Waals surface area contributed by atoms with Gasteiger partial charge in [0.15, 0.2) is 0 Å². The molecule has 258 valence electrons. The smallest absolute Gasteiger partial charge is 0.328 e. The summed E-state index contributed by atoms with van der Waals surface area (Å²) in [7, 11) is 0. The molecule has 3 aromatic rings. The number of carbonyl (C=O) groups excluding carboxylic acids is 2. The Labute approximate surface area is 282 Å². The van der Waals surface area contributed by atoms with Crippen molar-refractivity contribution in [3.63, 3.8) is 0 Å². The molecule has 1 aromatic heterocycles. The van der Waals surface area contributed by atoms with E-state index in [2.05, 4.69) is 30.9 Å². The Bertz CT molecular complexity index is 1500. The molecule has 0 aliphatic carbocycles. The molecule has 1 amide bonds. The molecule has 0 fully saturated rings. The van der Waals surface area contributed by atoms with Gasteiger partial charge in [0.1, 0.15) is 17.5 Å². The van der Waals surface area contributed by atoms with Crippen LogP contribution in [0.25, 0.3) is 0 Å². The molecule has 0 saturated carbocycles. The van der Waals surface area contributed by atoms with Crippen LogP contribution in [0.15, 0.2) is 42.5 Å². The molecule has 2 aromatic carbocycles. The molecule has 0 radical (unpaired) electrons. The Kier molecular flexibility index (Phi) is 14.2. The van der Waals surface area contributed by atoms with Crippen molar-refractivity contribution < 1.29 is 28.5 Å². The van der Waals surface area contributed by atoms with Gasteiger partial charge in [0.05, 0.1) is 32.0 Å². The molecule has 1 atom stereocenters. The quantitative estimate of drug-likeness (QED) is 0.105. The highest BCUT2D eigenvalue weighted by Crippen LogP contribution is 2.27. The predicted molar refractivity (Wildman–Crippen MR) is 184 cm³/mol. The van der Waals surface area contributed by atoms with Gasteiger partial charge in [-0.2, -0.15) is 15.0 Å². The van der Waals surface area contributed by atoms with Crippen LogP contribution in [0.2, 0.25) is 0 Å². The van der Waals surface area contributed by atoms with Gasteiger partial charge in [-0.05, 0) is 95.5 Å². The van der Waals surface area contributed by atoms with Crippen LogP contribution in [-0.4, -0.2) is 65.0 Å². The fraction of sp³-hybridized carbons (Fsp3) is 0.486. The number of benzene rings is 2. The molecule has 0 saturated heterocycles. The van der Waals surface area contributed by atoms with Crippen LogP contribution in [0.1, 0.15) is 88.1 Å². The van der Waals surface area contributed by atoms with Gasteiger partial charge in [-0.3, -0.25) is 4.79 Å². The minimum Gasteiger partial charge on any atom is -0.494 e. The van der Waals surface area contributed by atoms with Crippen LogP contribution >= 0.6 is 0 Å². The van der Waals surface area contributed by atoms with Crippen molar-refractivity contribution in [1.29, 1.82) is 5.41 Å². The van der Waals surface area contributed by atoms with Crippen LogP contribution in [-0.2, 0) is 16.1 Å². The monoisotopic (exact) mass is 661 g/mol. The third-order valence-electron chi connectivity index (χ3n) is 7.48. The van der Waals surface area contributed by atoms with Crippen LogP contribution in [0.4, 0.5) is 17.6 Å². The number of anilines is 3. The van der Waals surface area contributed by atoms with Crippen LogP contribution in [0.3, 0.4) is 0 Å². The number of nitrogens with one attached hydrogen (secondary N) is 4. The van der Waals surface area contributed by atoms with Crippen molar-refractivity contribution in [3.8, 4) is 17.5 Å². The van der Waals surface area contributed by atoms with Crippen molar-refractivity contribution in [2.24, 2.45) is 0 Å². The molecule has 48 heavy (non-hydrogen) atoms. The van der Waals surface area contributed by atoms with Crippen molar-refractivity contribution in [1.82, 2.24) is 20.3 Å². The van der Waals surface area contributed by atoms with E-state index in [0.29, 0.717) is 68.7 Å². The van der Waals surface area contributed by atoms with E-state index < -0.39 is 17.9 Å². The molecular formula is C35H47N7O6. The molecule has 13 nitrogen and oxygen atoms in total. The lowest BCUT2D eigenvalue weighted by molar-refractivity contribution is -0.145. The Morgan fingerprint density at radius 1 is 0.938 bits per heavy atom. The Morgan fingerprint density at radius 2 is 1.69 bits per heavy atom. The SMILES string of the molecule is CCOC(=O)[C@H](CCCCC(C)=N)NC(=O)c1ccc2cc1OCCCCCCOc1ccc(cc1)CNc1nc(nc(OCC)n1)N2. The summed E-state index contributed by atoms with van der Waals surface area (Å²) in [5, 5.41) is 16.9. The first kappa shape index (κ1) is 35.9. The van der Waals surface area contributed by atoms with E-state index in [0.717, 1.165) is 43.4 Å². The van der Waals surface area contributed by atoms with Crippen LogP contribution in [0, 0.1) is 5.41 Å². The number of nitrogens with zero attached hydrogens (tertiary/aromatic N) is 3. The summed E-state index contributed by atoms with van der Waals surface area (Å²) in [5.41, 5.74) is 2.49. The zero-order valence-corrected chi connectivity index (χ0v) is 28.1. The zero-order chi connectivity index (χ0) is 34.1. The maximum atomic E-state index is 13.6. The Hall–Kier alpha value is -4.94. The summed E-state index contributed by atoms with van der Waals surface area (Å²) in [6.45, 7) is 7.41. The largest absolute Gasteiger partial charge is 0.494 e. The van der Waals surface area contributed by atoms with E-state index in [4.69, 9.17) is 24.4 Å². The van der Waals surface area contributed by atoms with Crippen molar-refractivity contribution in [2.75, 3.05) is 37.1 Å². The van der Waals surface area contributed by atoms with Gasteiger partial charge in [-0.15, -0.1) is 0 Å². The number of aromatic nitrogens is 3.